The first-order valence-electron chi connectivity index (χ1n) is 6.14. The van der Waals surface area contributed by atoms with Gasteiger partial charge in [0.25, 0.3) is 0 Å². The van der Waals surface area contributed by atoms with Gasteiger partial charge in [-0.1, -0.05) is 18.2 Å². The second kappa shape index (κ2) is 5.55. The molecule has 0 aromatic heterocycles. The van der Waals surface area contributed by atoms with Crippen LogP contribution in [0.3, 0.4) is 0 Å². The highest BCUT2D eigenvalue weighted by molar-refractivity contribution is 5.66. The van der Waals surface area contributed by atoms with Crippen molar-refractivity contribution in [2.24, 2.45) is 0 Å². The minimum Gasteiger partial charge on any atom is -0.389 e. The Bertz CT molecular complexity index is 597. The van der Waals surface area contributed by atoms with Crippen molar-refractivity contribution >= 4 is 11.4 Å². The molecule has 2 aromatic rings. The van der Waals surface area contributed by atoms with Gasteiger partial charge in [0, 0.05) is 24.0 Å². The molecule has 3 heteroatoms. The van der Waals surface area contributed by atoms with E-state index in [1.807, 2.05) is 48.3 Å². The quantitative estimate of drug-likeness (QED) is 0.911. The summed E-state index contributed by atoms with van der Waals surface area (Å²) in [6, 6.07) is 17.2. The van der Waals surface area contributed by atoms with Gasteiger partial charge in [0.1, 0.15) is 0 Å². The van der Waals surface area contributed by atoms with Gasteiger partial charge in [-0.2, -0.15) is 5.26 Å². The third-order valence-electron chi connectivity index (χ3n) is 3.13. The van der Waals surface area contributed by atoms with E-state index in [2.05, 4.69) is 6.07 Å². The first kappa shape index (κ1) is 13.1. The molecule has 0 heterocycles. The lowest BCUT2D eigenvalue weighted by Gasteiger charge is -2.23. The summed E-state index contributed by atoms with van der Waals surface area (Å²) in [6.45, 7) is 1.76. The number of anilines is 2. The highest BCUT2D eigenvalue weighted by Crippen LogP contribution is 2.30. The number of benzene rings is 2. The first-order valence-corrected chi connectivity index (χ1v) is 6.14. The van der Waals surface area contributed by atoms with Crippen LogP contribution in [-0.2, 0) is 0 Å². The van der Waals surface area contributed by atoms with Gasteiger partial charge in [-0.15, -0.1) is 0 Å². The first-order chi connectivity index (χ1) is 9.13. The molecule has 19 heavy (non-hydrogen) atoms. The Morgan fingerprint density at radius 1 is 1.11 bits per heavy atom. The number of rotatable bonds is 3. The monoisotopic (exact) mass is 252 g/mol. The third kappa shape index (κ3) is 2.75. The Balaban J connectivity index is 2.38. The van der Waals surface area contributed by atoms with Crippen LogP contribution >= 0.6 is 0 Å². The number of nitriles is 1. The molecule has 0 saturated heterocycles. The van der Waals surface area contributed by atoms with Crippen molar-refractivity contribution in [3.05, 3.63) is 59.7 Å². The average molecular weight is 252 g/mol. The molecular weight excluding hydrogens is 236 g/mol. The van der Waals surface area contributed by atoms with Crippen molar-refractivity contribution in [3.63, 3.8) is 0 Å². The zero-order valence-electron chi connectivity index (χ0n) is 11.0. The molecule has 1 atom stereocenters. The molecule has 0 amide bonds. The molecule has 3 nitrogen and oxygen atoms in total. The molecule has 0 aliphatic carbocycles. The Labute approximate surface area is 113 Å². The lowest BCUT2D eigenvalue weighted by molar-refractivity contribution is 0.200. The van der Waals surface area contributed by atoms with Gasteiger partial charge in [-0.25, -0.2) is 0 Å². The van der Waals surface area contributed by atoms with Crippen molar-refractivity contribution in [2.75, 3.05) is 11.9 Å². The summed E-state index contributed by atoms with van der Waals surface area (Å²) in [5.74, 6) is 0. The molecule has 0 aliphatic heterocycles. The van der Waals surface area contributed by atoms with Crippen molar-refractivity contribution in [2.45, 2.75) is 13.0 Å². The Kier molecular flexibility index (Phi) is 3.84. The van der Waals surface area contributed by atoms with Crippen LogP contribution in [0.1, 0.15) is 24.2 Å². The normalized spacial score (nSPS) is 11.7. The fraction of sp³-hybridized carbons (Fsp3) is 0.188. The highest BCUT2D eigenvalue weighted by Gasteiger charge is 2.12. The number of nitrogens with zero attached hydrogens (tertiary/aromatic N) is 2. The van der Waals surface area contributed by atoms with E-state index in [9.17, 15) is 5.11 Å². The Hall–Kier alpha value is -2.31. The highest BCUT2D eigenvalue weighted by atomic mass is 16.3. The molecule has 0 radical (unpaired) electrons. The van der Waals surface area contributed by atoms with E-state index >= 15 is 0 Å². The molecule has 2 rings (SSSR count). The van der Waals surface area contributed by atoms with E-state index in [1.54, 1.807) is 19.1 Å². The zero-order chi connectivity index (χ0) is 13.8. The molecule has 1 N–H and O–H groups in total. The van der Waals surface area contributed by atoms with Crippen LogP contribution in [0.25, 0.3) is 0 Å². The molecule has 0 saturated carbocycles. The summed E-state index contributed by atoms with van der Waals surface area (Å²) < 4.78 is 0. The Morgan fingerprint density at radius 3 is 2.32 bits per heavy atom. The van der Waals surface area contributed by atoms with E-state index < -0.39 is 6.10 Å². The molecule has 0 spiro atoms. The topological polar surface area (TPSA) is 47.3 Å². The smallest absolute Gasteiger partial charge is 0.0991 e. The van der Waals surface area contributed by atoms with Gasteiger partial charge in [0.05, 0.1) is 17.7 Å². The zero-order valence-corrected chi connectivity index (χ0v) is 11.0. The lowest BCUT2D eigenvalue weighted by Crippen LogP contribution is -2.12. The van der Waals surface area contributed by atoms with Gasteiger partial charge >= 0.3 is 0 Å². The summed E-state index contributed by atoms with van der Waals surface area (Å²) in [7, 11) is 1.95. The number of aliphatic hydroxyl groups is 1. The maximum atomic E-state index is 9.81. The van der Waals surface area contributed by atoms with Crippen molar-refractivity contribution in [1.29, 1.82) is 5.26 Å². The van der Waals surface area contributed by atoms with Crippen LogP contribution in [0.15, 0.2) is 48.5 Å². The maximum absolute atomic E-state index is 9.81. The molecule has 1 unspecified atom stereocenters. The Morgan fingerprint density at radius 2 is 1.74 bits per heavy atom. The van der Waals surface area contributed by atoms with Crippen molar-refractivity contribution in [1.82, 2.24) is 0 Å². The second-order valence-corrected chi connectivity index (χ2v) is 4.45. The second-order valence-electron chi connectivity index (χ2n) is 4.45. The summed E-state index contributed by atoms with van der Waals surface area (Å²) in [6.07, 6.45) is -0.517. The minimum absolute atomic E-state index is 0.517. The average Bonchev–Trinajstić information content (AvgIpc) is 2.46. The summed E-state index contributed by atoms with van der Waals surface area (Å²) >= 11 is 0. The molecule has 0 aliphatic rings. The van der Waals surface area contributed by atoms with Gasteiger partial charge in [0.2, 0.25) is 0 Å². The van der Waals surface area contributed by atoms with Crippen LogP contribution < -0.4 is 4.90 Å². The van der Waals surface area contributed by atoms with Crippen molar-refractivity contribution < 1.29 is 5.11 Å². The third-order valence-corrected chi connectivity index (χ3v) is 3.13. The molecular formula is C16H16N2O. The summed E-state index contributed by atoms with van der Waals surface area (Å²) in [4.78, 5) is 2.00. The predicted molar refractivity (Wildman–Crippen MR) is 76.3 cm³/mol. The van der Waals surface area contributed by atoms with Gasteiger partial charge in [-0.05, 0) is 37.3 Å². The fourth-order valence-corrected chi connectivity index (χ4v) is 2.04. The summed E-state index contributed by atoms with van der Waals surface area (Å²) in [5, 5.41) is 18.6. The van der Waals surface area contributed by atoms with E-state index in [-0.39, 0.29) is 0 Å². The molecule has 2 aromatic carbocycles. The van der Waals surface area contributed by atoms with Crippen LogP contribution in [0, 0.1) is 11.3 Å². The van der Waals surface area contributed by atoms with Crippen LogP contribution in [0.5, 0.6) is 0 Å². The lowest BCUT2D eigenvalue weighted by atomic mass is 10.1. The van der Waals surface area contributed by atoms with Crippen molar-refractivity contribution in [3.8, 4) is 6.07 Å². The number of para-hydroxylation sites is 1. The van der Waals surface area contributed by atoms with Gasteiger partial charge in [-0.3, -0.25) is 0 Å². The van der Waals surface area contributed by atoms with Crippen LogP contribution in [-0.4, -0.2) is 12.2 Å². The van der Waals surface area contributed by atoms with E-state index in [0.717, 1.165) is 16.9 Å². The van der Waals surface area contributed by atoms with Crippen LogP contribution in [0.4, 0.5) is 11.4 Å². The van der Waals surface area contributed by atoms with Gasteiger partial charge in [0.15, 0.2) is 0 Å². The molecule has 0 bridgehead atoms. The van der Waals surface area contributed by atoms with E-state index in [0.29, 0.717) is 5.56 Å². The standard InChI is InChI=1S/C16H16N2O/c1-12(19)15-5-3-4-6-16(15)18(2)14-9-7-13(11-17)8-10-14/h3-10,12,19H,1-2H3. The predicted octanol–water partition coefficient (Wildman–Crippen LogP) is 3.38. The SMILES string of the molecule is CC(O)c1ccccc1N(C)c1ccc(C#N)cc1. The minimum atomic E-state index is -0.517. The number of hydrogen-bond acceptors (Lipinski definition) is 3. The molecule has 0 fully saturated rings. The van der Waals surface area contributed by atoms with Gasteiger partial charge < -0.3 is 10.0 Å². The number of aliphatic hydroxyl groups excluding tert-OH is 1. The number of hydrogen-bond donors (Lipinski definition) is 1. The fourth-order valence-electron chi connectivity index (χ4n) is 2.04. The maximum Gasteiger partial charge on any atom is 0.0991 e. The van der Waals surface area contributed by atoms with E-state index in [1.165, 1.54) is 0 Å². The van der Waals surface area contributed by atoms with Crippen LogP contribution in [0.2, 0.25) is 0 Å². The molecule has 96 valence electrons. The summed E-state index contributed by atoms with van der Waals surface area (Å²) in [5.41, 5.74) is 3.46. The van der Waals surface area contributed by atoms with E-state index in [4.69, 9.17) is 5.26 Å². The largest absolute Gasteiger partial charge is 0.389 e.